The van der Waals surface area contributed by atoms with Crippen molar-refractivity contribution in [2.45, 2.75) is 46.8 Å². The van der Waals surface area contributed by atoms with Crippen LogP contribution in [0.5, 0.6) is 5.75 Å². The van der Waals surface area contributed by atoms with Gasteiger partial charge in [0.2, 0.25) is 0 Å². The molecule has 0 saturated carbocycles. The predicted octanol–water partition coefficient (Wildman–Crippen LogP) is 5.89. The number of carbonyl (C=O) groups excluding carboxylic acids is 3. The van der Waals surface area contributed by atoms with Gasteiger partial charge in [-0.2, -0.15) is 0 Å². The van der Waals surface area contributed by atoms with Gasteiger partial charge >= 0.3 is 5.97 Å². The Balaban J connectivity index is 1.89. The maximum Gasteiger partial charge on any atom is 0.338 e. The number of ether oxygens (including phenoxy) is 2. The fraction of sp³-hybridized carbons (Fsp3) is 0.258. The van der Waals surface area contributed by atoms with E-state index in [0.29, 0.717) is 22.6 Å². The maximum atomic E-state index is 13.5. The van der Waals surface area contributed by atoms with Gasteiger partial charge in [0, 0.05) is 11.3 Å². The summed E-state index contributed by atoms with van der Waals surface area (Å²) in [6.07, 6.45) is -0.0230. The molecule has 1 atom stereocenters. The molecule has 1 heterocycles. The van der Waals surface area contributed by atoms with Crippen molar-refractivity contribution in [2.24, 2.45) is 0 Å². The van der Waals surface area contributed by atoms with Gasteiger partial charge in [-0.1, -0.05) is 35.9 Å². The second kappa shape index (κ2) is 10.9. The number of amides is 1. The quantitative estimate of drug-likeness (QED) is 0.183. The highest BCUT2D eigenvalue weighted by Crippen LogP contribution is 2.42. The summed E-state index contributed by atoms with van der Waals surface area (Å²) < 4.78 is 10.9. The molecule has 1 aliphatic rings. The summed E-state index contributed by atoms with van der Waals surface area (Å²) in [4.78, 5) is 40.6. The number of ketones is 1. The van der Waals surface area contributed by atoms with Gasteiger partial charge in [0.15, 0.2) is 0 Å². The van der Waals surface area contributed by atoms with Crippen molar-refractivity contribution in [3.8, 4) is 5.75 Å². The number of nitrogens with zero attached hydrogens (tertiary/aromatic N) is 1. The minimum atomic E-state index is -0.903. The van der Waals surface area contributed by atoms with Gasteiger partial charge in [0.05, 0.1) is 29.9 Å². The molecule has 1 N–H and O–H groups in total. The molecule has 0 spiro atoms. The van der Waals surface area contributed by atoms with Crippen LogP contribution < -0.4 is 9.64 Å². The van der Waals surface area contributed by atoms with E-state index in [4.69, 9.17) is 9.47 Å². The van der Waals surface area contributed by atoms with Crippen LogP contribution >= 0.6 is 0 Å². The highest BCUT2D eigenvalue weighted by atomic mass is 16.5. The summed E-state index contributed by atoms with van der Waals surface area (Å²) in [5.41, 5.74) is 3.34. The number of hydrogen-bond acceptors (Lipinski definition) is 6. The van der Waals surface area contributed by atoms with Gasteiger partial charge in [0.25, 0.3) is 11.7 Å². The molecule has 4 rings (SSSR count). The molecule has 3 aromatic carbocycles. The highest BCUT2D eigenvalue weighted by Gasteiger charge is 2.47. The Morgan fingerprint density at radius 3 is 2.37 bits per heavy atom. The lowest BCUT2D eigenvalue weighted by atomic mass is 9.93. The molecule has 0 aromatic heterocycles. The van der Waals surface area contributed by atoms with Crippen molar-refractivity contribution in [1.82, 2.24) is 0 Å². The molecule has 1 unspecified atom stereocenters. The van der Waals surface area contributed by atoms with Crippen LogP contribution in [-0.2, 0) is 14.3 Å². The molecule has 196 valence electrons. The molecule has 3 aromatic rings. The van der Waals surface area contributed by atoms with Gasteiger partial charge in [-0.05, 0) is 82.1 Å². The molecule has 1 amide bonds. The van der Waals surface area contributed by atoms with Crippen LogP contribution in [0, 0.1) is 13.8 Å². The normalized spacial score (nSPS) is 16.7. The first kappa shape index (κ1) is 26.7. The van der Waals surface area contributed by atoms with Crippen LogP contribution in [0.4, 0.5) is 5.69 Å². The van der Waals surface area contributed by atoms with E-state index < -0.39 is 23.7 Å². The van der Waals surface area contributed by atoms with E-state index in [1.807, 2.05) is 52.0 Å². The molecule has 0 aliphatic carbocycles. The van der Waals surface area contributed by atoms with Crippen molar-refractivity contribution in [1.29, 1.82) is 0 Å². The van der Waals surface area contributed by atoms with E-state index in [2.05, 4.69) is 0 Å². The van der Waals surface area contributed by atoms with E-state index in [1.165, 1.54) is 11.0 Å². The zero-order chi connectivity index (χ0) is 27.6. The fourth-order valence-electron chi connectivity index (χ4n) is 4.59. The van der Waals surface area contributed by atoms with Gasteiger partial charge in [-0.15, -0.1) is 0 Å². The van der Waals surface area contributed by atoms with Crippen molar-refractivity contribution in [3.63, 3.8) is 0 Å². The Bertz CT molecular complexity index is 1440. The summed E-state index contributed by atoms with van der Waals surface area (Å²) in [5.74, 6) is -1.75. The summed E-state index contributed by atoms with van der Waals surface area (Å²) in [6, 6.07) is 18.1. The van der Waals surface area contributed by atoms with E-state index in [1.54, 1.807) is 43.3 Å². The smallest absolute Gasteiger partial charge is 0.338 e. The predicted molar refractivity (Wildman–Crippen MR) is 145 cm³/mol. The second-order valence-electron chi connectivity index (χ2n) is 9.50. The number of esters is 1. The average Bonchev–Trinajstić information content (AvgIpc) is 3.15. The van der Waals surface area contributed by atoms with Gasteiger partial charge in [-0.3, -0.25) is 14.5 Å². The highest BCUT2D eigenvalue weighted by molar-refractivity contribution is 6.51. The average molecular weight is 514 g/mol. The zero-order valence-corrected chi connectivity index (χ0v) is 22.1. The third-order valence-electron chi connectivity index (χ3n) is 6.25. The number of aryl methyl sites for hydroxylation is 2. The van der Waals surface area contributed by atoms with Crippen LogP contribution in [-0.4, -0.2) is 35.5 Å². The fourth-order valence-corrected chi connectivity index (χ4v) is 4.59. The Labute approximate surface area is 222 Å². The zero-order valence-electron chi connectivity index (χ0n) is 22.1. The molecule has 1 saturated heterocycles. The summed E-state index contributed by atoms with van der Waals surface area (Å²) >= 11 is 0. The Kier molecular flexibility index (Phi) is 7.67. The van der Waals surface area contributed by atoms with E-state index >= 15 is 0 Å². The third-order valence-corrected chi connectivity index (χ3v) is 6.25. The standard InChI is InChI=1S/C31H31NO6/c1-6-37-31(36)23-11-8-12-24(17-23)32-27(21-10-7-9-19(4)15-21)26(29(34)30(32)35)28(33)22-13-14-25(20(5)16-22)38-18(2)3/h7-18,27,33H,6H2,1-5H3/b28-26+. The number of rotatable bonds is 7. The number of carbonyl (C=O) groups is 3. The second-order valence-corrected chi connectivity index (χ2v) is 9.50. The third kappa shape index (κ3) is 5.18. The molecule has 1 fully saturated rings. The van der Waals surface area contributed by atoms with E-state index in [9.17, 15) is 19.5 Å². The van der Waals surface area contributed by atoms with Crippen molar-refractivity contribution >= 4 is 29.1 Å². The number of benzene rings is 3. The Morgan fingerprint density at radius 2 is 1.71 bits per heavy atom. The van der Waals surface area contributed by atoms with Gasteiger partial charge in [0.1, 0.15) is 11.5 Å². The van der Waals surface area contributed by atoms with E-state index in [-0.39, 0.29) is 29.6 Å². The summed E-state index contributed by atoms with van der Waals surface area (Å²) in [5, 5.41) is 11.4. The first-order chi connectivity index (χ1) is 18.1. The molecule has 0 radical (unpaired) electrons. The van der Waals surface area contributed by atoms with Crippen LogP contribution in [0.1, 0.15) is 59.4 Å². The molecular formula is C31H31NO6. The SMILES string of the molecule is CCOC(=O)c1cccc(N2C(=O)C(=O)/C(=C(/O)c3ccc(OC(C)C)c(C)c3)C2c2cccc(C)c2)c1. The van der Waals surface area contributed by atoms with Crippen LogP contribution in [0.15, 0.2) is 72.3 Å². The molecular weight excluding hydrogens is 482 g/mol. The van der Waals surface area contributed by atoms with Crippen LogP contribution in [0.2, 0.25) is 0 Å². The first-order valence-corrected chi connectivity index (χ1v) is 12.5. The largest absolute Gasteiger partial charge is 0.507 e. The molecule has 7 nitrogen and oxygen atoms in total. The minimum absolute atomic E-state index is 0.0230. The summed E-state index contributed by atoms with van der Waals surface area (Å²) in [7, 11) is 0. The number of aliphatic hydroxyl groups excluding tert-OH is 1. The lowest BCUT2D eigenvalue weighted by Crippen LogP contribution is -2.29. The molecule has 7 heteroatoms. The Morgan fingerprint density at radius 1 is 0.974 bits per heavy atom. The summed E-state index contributed by atoms with van der Waals surface area (Å²) in [6.45, 7) is 9.53. The monoisotopic (exact) mass is 513 g/mol. The van der Waals surface area contributed by atoms with Crippen molar-refractivity contribution in [2.75, 3.05) is 11.5 Å². The van der Waals surface area contributed by atoms with E-state index in [0.717, 1.165) is 11.1 Å². The molecule has 1 aliphatic heterocycles. The van der Waals surface area contributed by atoms with Gasteiger partial charge in [-0.25, -0.2) is 4.79 Å². The molecule has 38 heavy (non-hydrogen) atoms. The number of anilines is 1. The maximum absolute atomic E-state index is 13.5. The van der Waals surface area contributed by atoms with Crippen molar-refractivity contribution < 1.29 is 29.0 Å². The molecule has 0 bridgehead atoms. The first-order valence-electron chi connectivity index (χ1n) is 12.5. The van der Waals surface area contributed by atoms with Crippen LogP contribution in [0.25, 0.3) is 5.76 Å². The van der Waals surface area contributed by atoms with Crippen molar-refractivity contribution in [3.05, 3.63) is 100 Å². The Hall–Kier alpha value is -4.39. The topological polar surface area (TPSA) is 93.1 Å². The number of aliphatic hydroxyl groups is 1. The minimum Gasteiger partial charge on any atom is -0.507 e. The van der Waals surface area contributed by atoms with Gasteiger partial charge < -0.3 is 14.6 Å². The van der Waals surface area contributed by atoms with Crippen LogP contribution in [0.3, 0.4) is 0 Å². The number of Topliss-reactive ketones (excluding diaryl/α,β-unsaturated/α-hetero) is 1. The lowest BCUT2D eigenvalue weighted by Gasteiger charge is -2.26. The lowest BCUT2D eigenvalue weighted by molar-refractivity contribution is -0.132. The number of hydrogen-bond donors (Lipinski definition) is 1.